The van der Waals surface area contributed by atoms with Gasteiger partial charge in [-0.05, 0) is 47.9 Å². The molecule has 0 aliphatic rings. The van der Waals surface area contributed by atoms with Gasteiger partial charge in [0.15, 0.2) is 0 Å². The molecule has 3 heterocycles. The van der Waals surface area contributed by atoms with Gasteiger partial charge in [-0.25, -0.2) is 0 Å². The van der Waals surface area contributed by atoms with E-state index in [0.29, 0.717) is 21.9 Å². The molecule has 0 amide bonds. The van der Waals surface area contributed by atoms with E-state index in [1.54, 1.807) is 11.3 Å². The molecular weight excluding hydrogens is 402 g/mol. The lowest BCUT2D eigenvalue weighted by Gasteiger charge is -2.07. The highest BCUT2D eigenvalue weighted by Gasteiger charge is 2.15. The Bertz CT molecular complexity index is 1870. The lowest BCUT2D eigenvalue weighted by Crippen LogP contribution is -2.01. The van der Waals surface area contributed by atoms with Crippen LogP contribution in [0.3, 0.4) is 0 Å². The highest BCUT2D eigenvalue weighted by atomic mass is 32.1. The quantitative estimate of drug-likeness (QED) is 0.264. The summed E-state index contributed by atoms with van der Waals surface area (Å²) in [6.45, 7) is 0. The third-order valence-corrected chi connectivity index (χ3v) is 7.22. The van der Waals surface area contributed by atoms with Crippen molar-refractivity contribution in [2.75, 3.05) is 0 Å². The highest BCUT2D eigenvalue weighted by Crippen LogP contribution is 2.40. The van der Waals surface area contributed by atoms with E-state index in [4.69, 9.17) is 4.42 Å². The van der Waals surface area contributed by atoms with Crippen LogP contribution in [0.15, 0.2) is 100 Å². The summed E-state index contributed by atoms with van der Waals surface area (Å²) in [5.41, 5.74) is 3.61. The molecule has 7 rings (SSSR count). The maximum atomic E-state index is 13.1. The number of nitrogens with zero attached hydrogens (tertiary/aromatic N) is 1. The van der Waals surface area contributed by atoms with E-state index in [-0.39, 0.29) is 5.43 Å². The molecular formula is C27H15NO2S. The molecule has 0 aliphatic heterocycles. The summed E-state index contributed by atoms with van der Waals surface area (Å²) in [5, 5.41) is 4.71. The summed E-state index contributed by atoms with van der Waals surface area (Å²) in [7, 11) is 0. The molecule has 0 saturated heterocycles. The fourth-order valence-electron chi connectivity index (χ4n) is 4.56. The van der Waals surface area contributed by atoms with Gasteiger partial charge in [-0.3, -0.25) is 4.79 Å². The van der Waals surface area contributed by atoms with Crippen molar-refractivity contribution >= 4 is 64.4 Å². The summed E-state index contributed by atoms with van der Waals surface area (Å²) >= 11 is 1.74. The smallest absolute Gasteiger partial charge is 0.200 e. The van der Waals surface area contributed by atoms with Crippen LogP contribution in [0.4, 0.5) is 0 Å². The second-order valence-electron chi connectivity index (χ2n) is 7.77. The van der Waals surface area contributed by atoms with Gasteiger partial charge in [0, 0.05) is 21.7 Å². The Morgan fingerprint density at radius 2 is 1.55 bits per heavy atom. The van der Waals surface area contributed by atoms with E-state index in [1.807, 2.05) is 36.4 Å². The lowest BCUT2D eigenvalue weighted by atomic mass is 10.1. The van der Waals surface area contributed by atoms with Crippen molar-refractivity contribution in [2.45, 2.75) is 0 Å². The summed E-state index contributed by atoms with van der Waals surface area (Å²) < 4.78 is 10.6. The zero-order chi connectivity index (χ0) is 20.5. The highest BCUT2D eigenvalue weighted by molar-refractivity contribution is 7.26. The number of aromatic nitrogens is 1. The monoisotopic (exact) mass is 417 g/mol. The van der Waals surface area contributed by atoms with Gasteiger partial charge in [-0.2, -0.15) is 0 Å². The van der Waals surface area contributed by atoms with Crippen molar-refractivity contribution < 1.29 is 4.42 Å². The first-order chi connectivity index (χ1) is 15.3. The van der Waals surface area contributed by atoms with Crippen LogP contribution >= 0.6 is 11.3 Å². The molecule has 0 radical (unpaired) electrons. The fourth-order valence-corrected chi connectivity index (χ4v) is 5.79. The first kappa shape index (κ1) is 16.9. The summed E-state index contributed by atoms with van der Waals surface area (Å²) in [6.07, 6.45) is 2.12. The Balaban J connectivity index is 1.59. The number of hydrogen-bond acceptors (Lipinski definition) is 3. The van der Waals surface area contributed by atoms with E-state index in [1.165, 1.54) is 15.6 Å². The number of benzene rings is 4. The molecule has 0 bridgehead atoms. The average molecular weight is 417 g/mol. The van der Waals surface area contributed by atoms with E-state index < -0.39 is 0 Å². The largest absolute Gasteiger partial charge is 0.456 e. The van der Waals surface area contributed by atoms with Crippen molar-refractivity contribution in [3.63, 3.8) is 0 Å². The van der Waals surface area contributed by atoms with Crippen molar-refractivity contribution in [2.24, 2.45) is 0 Å². The predicted octanol–water partition coefficient (Wildman–Crippen LogP) is 7.26. The number of para-hydroxylation sites is 2. The fraction of sp³-hybridized carbons (Fsp3) is 0. The third-order valence-electron chi connectivity index (χ3n) is 6.03. The standard InChI is InChI=1S/C27H15NO2S/c29-26-18-7-2-4-11-23(18)30-24-15-25-19(14-20(24)26)17-8-5-10-22(27(17)31-25)28-13-12-16-6-1-3-9-21(16)28/h1-15H. The van der Waals surface area contributed by atoms with Gasteiger partial charge in [0.2, 0.25) is 5.43 Å². The molecule has 0 N–H and O–H groups in total. The number of hydrogen-bond donors (Lipinski definition) is 0. The molecule has 3 nitrogen and oxygen atoms in total. The van der Waals surface area contributed by atoms with Gasteiger partial charge in [0.1, 0.15) is 11.2 Å². The van der Waals surface area contributed by atoms with Gasteiger partial charge in [-0.1, -0.05) is 42.5 Å². The van der Waals surface area contributed by atoms with Crippen LogP contribution in [0.2, 0.25) is 0 Å². The van der Waals surface area contributed by atoms with Gasteiger partial charge in [0.05, 0.1) is 26.7 Å². The Kier molecular flexibility index (Phi) is 3.30. The minimum absolute atomic E-state index is 0.0191. The van der Waals surface area contributed by atoms with E-state index in [9.17, 15) is 4.79 Å². The number of rotatable bonds is 1. The van der Waals surface area contributed by atoms with Gasteiger partial charge >= 0.3 is 0 Å². The van der Waals surface area contributed by atoms with E-state index in [2.05, 4.69) is 59.3 Å². The normalized spacial score (nSPS) is 12.0. The maximum absolute atomic E-state index is 13.1. The molecule has 0 atom stereocenters. The maximum Gasteiger partial charge on any atom is 0.200 e. The zero-order valence-electron chi connectivity index (χ0n) is 16.3. The van der Waals surface area contributed by atoms with Crippen LogP contribution in [0.1, 0.15) is 0 Å². The first-order valence-electron chi connectivity index (χ1n) is 10.2. The van der Waals surface area contributed by atoms with Crippen molar-refractivity contribution in [3.05, 3.63) is 101 Å². The molecule has 0 saturated carbocycles. The second-order valence-corrected chi connectivity index (χ2v) is 8.82. The van der Waals surface area contributed by atoms with Crippen LogP contribution in [-0.4, -0.2) is 4.57 Å². The van der Waals surface area contributed by atoms with Crippen molar-refractivity contribution in [3.8, 4) is 5.69 Å². The van der Waals surface area contributed by atoms with Crippen LogP contribution < -0.4 is 5.43 Å². The molecule has 0 unspecified atom stereocenters. The Morgan fingerprint density at radius 1 is 0.710 bits per heavy atom. The zero-order valence-corrected chi connectivity index (χ0v) is 17.1. The molecule has 3 aromatic heterocycles. The SMILES string of the molecule is O=c1c2ccccc2oc2cc3sc4c(-n5ccc6ccccc65)cccc4c3cc12. The molecule has 0 aliphatic carbocycles. The van der Waals surface area contributed by atoms with Gasteiger partial charge in [-0.15, -0.1) is 11.3 Å². The topological polar surface area (TPSA) is 35.1 Å². The summed E-state index contributed by atoms with van der Waals surface area (Å²) in [6, 6.07) is 28.4. The average Bonchev–Trinajstić information content (AvgIpc) is 3.39. The number of fused-ring (bicyclic) bond motifs is 6. The molecule has 0 fully saturated rings. The molecule has 0 spiro atoms. The Labute approximate surface area is 180 Å². The van der Waals surface area contributed by atoms with Crippen LogP contribution in [-0.2, 0) is 0 Å². The van der Waals surface area contributed by atoms with Gasteiger partial charge in [0.25, 0.3) is 0 Å². The molecule has 146 valence electrons. The second kappa shape index (κ2) is 6.06. The minimum Gasteiger partial charge on any atom is -0.456 e. The molecule has 7 aromatic rings. The van der Waals surface area contributed by atoms with Gasteiger partial charge < -0.3 is 8.98 Å². The molecule has 4 heteroatoms. The molecule has 31 heavy (non-hydrogen) atoms. The lowest BCUT2D eigenvalue weighted by molar-refractivity contribution is 0.660. The Morgan fingerprint density at radius 3 is 2.52 bits per heavy atom. The predicted molar refractivity (Wildman–Crippen MR) is 130 cm³/mol. The molecule has 4 aromatic carbocycles. The Hall–Kier alpha value is -3.89. The van der Waals surface area contributed by atoms with Crippen LogP contribution in [0, 0.1) is 0 Å². The van der Waals surface area contributed by atoms with E-state index in [0.717, 1.165) is 21.2 Å². The van der Waals surface area contributed by atoms with Crippen molar-refractivity contribution in [1.29, 1.82) is 0 Å². The third kappa shape index (κ3) is 2.31. The van der Waals surface area contributed by atoms with Crippen LogP contribution in [0.5, 0.6) is 0 Å². The summed E-state index contributed by atoms with van der Waals surface area (Å²) in [4.78, 5) is 13.1. The van der Waals surface area contributed by atoms with Crippen LogP contribution in [0.25, 0.3) is 58.7 Å². The summed E-state index contributed by atoms with van der Waals surface area (Å²) in [5.74, 6) is 0. The first-order valence-corrected chi connectivity index (χ1v) is 11.0. The minimum atomic E-state index is 0.0191. The number of thiophene rings is 1. The van der Waals surface area contributed by atoms with E-state index >= 15 is 0 Å². The van der Waals surface area contributed by atoms with Crippen molar-refractivity contribution in [1.82, 2.24) is 4.57 Å².